The second kappa shape index (κ2) is 11.5. The zero-order chi connectivity index (χ0) is 24.8. The van der Waals surface area contributed by atoms with Crippen LogP contribution < -0.4 is 15.1 Å². The molecule has 1 aromatic carbocycles. The highest BCUT2D eigenvalue weighted by atomic mass is 35.5. The number of hydrogen-bond donors (Lipinski definition) is 1. The van der Waals surface area contributed by atoms with Crippen LogP contribution in [0.15, 0.2) is 42.6 Å². The standard InChI is InChI=1S/C25H31ClF3N5O/c26-20-3-1-4-22(17-20)33-15-13-32(14-16-33)10-2-5-24(35)31-21-8-11-34(12-9-21)23-7-6-19(18-30-23)25(27,28)29/h1,3-4,6-7,17-18,21H,2,5,8-16H2,(H,31,35). The Hall–Kier alpha value is -2.52. The number of hydrogen-bond acceptors (Lipinski definition) is 5. The minimum Gasteiger partial charge on any atom is -0.369 e. The Kier molecular flexibility index (Phi) is 8.38. The van der Waals surface area contributed by atoms with Crippen LogP contribution in [0.4, 0.5) is 24.7 Å². The second-order valence-electron chi connectivity index (χ2n) is 9.14. The van der Waals surface area contributed by atoms with Crippen molar-refractivity contribution >= 4 is 29.0 Å². The molecule has 2 aliphatic rings. The van der Waals surface area contributed by atoms with Crippen molar-refractivity contribution in [2.24, 2.45) is 0 Å². The van der Waals surface area contributed by atoms with Crippen LogP contribution in [0.5, 0.6) is 0 Å². The summed E-state index contributed by atoms with van der Waals surface area (Å²) in [7, 11) is 0. The van der Waals surface area contributed by atoms with E-state index in [4.69, 9.17) is 11.6 Å². The van der Waals surface area contributed by atoms with Gasteiger partial charge in [0.05, 0.1) is 5.56 Å². The maximum Gasteiger partial charge on any atom is 0.417 e. The van der Waals surface area contributed by atoms with Gasteiger partial charge in [0, 0.05) is 68.6 Å². The van der Waals surface area contributed by atoms with Crippen molar-refractivity contribution in [2.45, 2.75) is 37.9 Å². The summed E-state index contributed by atoms with van der Waals surface area (Å²) in [4.78, 5) is 23.1. The molecular formula is C25H31ClF3N5O. The number of aromatic nitrogens is 1. The molecule has 35 heavy (non-hydrogen) atoms. The number of nitrogens with zero attached hydrogens (tertiary/aromatic N) is 4. The minimum absolute atomic E-state index is 0.0636. The van der Waals surface area contributed by atoms with Crippen molar-refractivity contribution in [1.82, 2.24) is 15.2 Å². The molecule has 6 nitrogen and oxygen atoms in total. The lowest BCUT2D eigenvalue weighted by Gasteiger charge is -2.36. The molecule has 4 rings (SSSR count). The quantitative estimate of drug-likeness (QED) is 0.598. The third kappa shape index (κ3) is 7.24. The molecule has 190 valence electrons. The van der Waals surface area contributed by atoms with Crippen molar-refractivity contribution in [3.8, 4) is 0 Å². The van der Waals surface area contributed by atoms with Crippen molar-refractivity contribution in [1.29, 1.82) is 0 Å². The number of benzene rings is 1. The van der Waals surface area contributed by atoms with E-state index in [1.807, 2.05) is 23.1 Å². The minimum atomic E-state index is -4.38. The third-order valence-corrected chi connectivity index (χ3v) is 6.92. The van der Waals surface area contributed by atoms with Gasteiger partial charge in [-0.3, -0.25) is 9.69 Å². The maximum absolute atomic E-state index is 12.7. The van der Waals surface area contributed by atoms with Gasteiger partial charge in [0.25, 0.3) is 0 Å². The van der Waals surface area contributed by atoms with E-state index in [2.05, 4.69) is 26.2 Å². The Morgan fingerprint density at radius 2 is 1.77 bits per heavy atom. The van der Waals surface area contributed by atoms with Gasteiger partial charge in [-0.15, -0.1) is 0 Å². The number of amides is 1. The molecule has 3 heterocycles. The molecule has 1 amide bonds. The Labute approximate surface area is 209 Å². The number of anilines is 2. The summed E-state index contributed by atoms with van der Waals surface area (Å²) in [6.45, 7) is 6.02. The number of alkyl halides is 3. The number of carbonyl (C=O) groups excluding carboxylic acids is 1. The highest BCUT2D eigenvalue weighted by Gasteiger charge is 2.31. The fraction of sp³-hybridized carbons (Fsp3) is 0.520. The number of halogens is 4. The smallest absolute Gasteiger partial charge is 0.369 e. The second-order valence-corrected chi connectivity index (χ2v) is 9.58. The highest BCUT2D eigenvalue weighted by Crippen LogP contribution is 2.30. The van der Waals surface area contributed by atoms with Crippen LogP contribution in [-0.4, -0.2) is 67.6 Å². The number of carbonyl (C=O) groups is 1. The van der Waals surface area contributed by atoms with Gasteiger partial charge in [-0.1, -0.05) is 17.7 Å². The van der Waals surface area contributed by atoms with Gasteiger partial charge in [0.2, 0.25) is 5.91 Å². The Morgan fingerprint density at radius 1 is 1.03 bits per heavy atom. The molecule has 0 aliphatic carbocycles. The monoisotopic (exact) mass is 509 g/mol. The van der Waals surface area contributed by atoms with E-state index in [0.29, 0.717) is 25.3 Å². The molecular weight excluding hydrogens is 479 g/mol. The van der Waals surface area contributed by atoms with Gasteiger partial charge < -0.3 is 15.1 Å². The molecule has 0 atom stereocenters. The first kappa shape index (κ1) is 25.6. The Morgan fingerprint density at radius 3 is 2.40 bits per heavy atom. The summed E-state index contributed by atoms with van der Waals surface area (Å²) in [5, 5.41) is 3.87. The molecule has 2 saturated heterocycles. The van der Waals surface area contributed by atoms with Gasteiger partial charge >= 0.3 is 6.18 Å². The fourth-order valence-corrected chi connectivity index (χ4v) is 4.84. The molecule has 0 radical (unpaired) electrons. The molecule has 0 spiro atoms. The Bertz CT molecular complexity index is 972. The van der Waals surface area contributed by atoms with E-state index in [-0.39, 0.29) is 11.9 Å². The van der Waals surface area contributed by atoms with Crippen LogP contribution in [0.1, 0.15) is 31.2 Å². The van der Waals surface area contributed by atoms with E-state index >= 15 is 0 Å². The predicted molar refractivity (Wildman–Crippen MR) is 132 cm³/mol. The van der Waals surface area contributed by atoms with Crippen molar-refractivity contribution < 1.29 is 18.0 Å². The summed E-state index contributed by atoms with van der Waals surface area (Å²) in [5.74, 6) is 0.604. The predicted octanol–water partition coefficient (Wildman–Crippen LogP) is 4.44. The lowest BCUT2D eigenvalue weighted by molar-refractivity contribution is -0.137. The zero-order valence-corrected chi connectivity index (χ0v) is 20.4. The van der Waals surface area contributed by atoms with Gasteiger partial charge in [0.1, 0.15) is 5.82 Å². The van der Waals surface area contributed by atoms with Crippen LogP contribution in [0.2, 0.25) is 5.02 Å². The number of rotatable bonds is 7. The molecule has 0 unspecified atom stereocenters. The van der Waals surface area contributed by atoms with E-state index in [9.17, 15) is 18.0 Å². The zero-order valence-electron chi connectivity index (χ0n) is 19.6. The normalized spacial score (nSPS) is 18.1. The van der Waals surface area contributed by atoms with Crippen molar-refractivity contribution in [3.05, 3.63) is 53.2 Å². The summed E-state index contributed by atoms with van der Waals surface area (Å²) in [6, 6.07) is 10.5. The molecule has 0 saturated carbocycles. The average molecular weight is 510 g/mol. The molecule has 2 aliphatic heterocycles. The van der Waals surface area contributed by atoms with E-state index in [1.54, 1.807) is 0 Å². The molecule has 10 heteroatoms. The van der Waals surface area contributed by atoms with Crippen LogP contribution in [-0.2, 0) is 11.0 Å². The molecule has 0 bridgehead atoms. The summed E-state index contributed by atoms with van der Waals surface area (Å²) in [6.07, 6.45) is -0.694. The number of nitrogens with one attached hydrogen (secondary N) is 1. The van der Waals surface area contributed by atoms with E-state index in [0.717, 1.165) is 75.0 Å². The first-order chi connectivity index (χ1) is 16.8. The molecule has 2 fully saturated rings. The van der Waals surface area contributed by atoms with Crippen molar-refractivity contribution in [3.63, 3.8) is 0 Å². The number of pyridine rings is 1. The van der Waals surface area contributed by atoms with E-state index < -0.39 is 11.7 Å². The largest absolute Gasteiger partial charge is 0.417 e. The lowest BCUT2D eigenvalue weighted by atomic mass is 10.0. The molecule has 2 aromatic rings. The fourth-order valence-electron chi connectivity index (χ4n) is 4.66. The SMILES string of the molecule is O=C(CCCN1CCN(c2cccc(Cl)c2)CC1)NC1CCN(c2ccc(C(F)(F)F)cn2)CC1. The first-order valence-corrected chi connectivity index (χ1v) is 12.5. The van der Waals surface area contributed by atoms with E-state index in [1.165, 1.54) is 6.07 Å². The van der Waals surface area contributed by atoms with Crippen LogP contribution in [0, 0.1) is 0 Å². The van der Waals surface area contributed by atoms with Crippen LogP contribution in [0.25, 0.3) is 0 Å². The van der Waals surface area contributed by atoms with Gasteiger partial charge in [0.15, 0.2) is 0 Å². The van der Waals surface area contributed by atoms with Gasteiger partial charge in [-0.2, -0.15) is 13.2 Å². The van der Waals surface area contributed by atoms with Crippen LogP contribution >= 0.6 is 11.6 Å². The summed E-state index contributed by atoms with van der Waals surface area (Å²) < 4.78 is 38.2. The summed E-state index contributed by atoms with van der Waals surface area (Å²) >= 11 is 6.10. The molecule has 1 N–H and O–H groups in total. The third-order valence-electron chi connectivity index (χ3n) is 6.68. The average Bonchev–Trinajstić information content (AvgIpc) is 2.84. The summed E-state index contributed by atoms with van der Waals surface area (Å²) in [5.41, 5.74) is 0.406. The Balaban J connectivity index is 1.11. The number of piperidine rings is 1. The van der Waals surface area contributed by atoms with Gasteiger partial charge in [-0.05, 0) is 56.1 Å². The topological polar surface area (TPSA) is 51.7 Å². The molecule has 1 aromatic heterocycles. The van der Waals surface area contributed by atoms with Crippen molar-refractivity contribution in [2.75, 3.05) is 55.6 Å². The first-order valence-electron chi connectivity index (χ1n) is 12.1. The highest BCUT2D eigenvalue weighted by molar-refractivity contribution is 6.30. The lowest BCUT2D eigenvalue weighted by Crippen LogP contribution is -2.47. The maximum atomic E-state index is 12.7. The van der Waals surface area contributed by atoms with Crippen LogP contribution in [0.3, 0.4) is 0 Å². The van der Waals surface area contributed by atoms with Gasteiger partial charge in [-0.25, -0.2) is 4.98 Å². The number of piperazine rings is 1.